The number of hydrogen-bond donors (Lipinski definition) is 1. The van der Waals surface area contributed by atoms with Crippen LogP contribution >= 0.6 is 0 Å². The highest BCUT2D eigenvalue weighted by Gasteiger charge is 2.22. The van der Waals surface area contributed by atoms with Gasteiger partial charge in [0.05, 0.1) is 22.3 Å². The number of nitrogens with one attached hydrogen (secondary N) is 1. The summed E-state index contributed by atoms with van der Waals surface area (Å²) in [7, 11) is 0. The van der Waals surface area contributed by atoms with Crippen LogP contribution in [0.25, 0.3) is 21.7 Å². The summed E-state index contributed by atoms with van der Waals surface area (Å²) in [4.78, 5) is 45.0. The topological polar surface area (TPSA) is 107 Å². The van der Waals surface area contributed by atoms with Gasteiger partial charge in [-0.15, -0.1) is 0 Å². The maximum absolute atomic E-state index is 13.0. The van der Waals surface area contributed by atoms with E-state index in [2.05, 4.69) is 15.1 Å². The van der Waals surface area contributed by atoms with Gasteiger partial charge in [-0.1, -0.05) is 30.3 Å². The van der Waals surface area contributed by atoms with Crippen LogP contribution in [0.4, 0.5) is 0 Å². The molecule has 4 aromatic rings. The first-order chi connectivity index (χ1) is 14.4. The predicted molar refractivity (Wildman–Crippen MR) is 113 cm³/mol. The van der Waals surface area contributed by atoms with Gasteiger partial charge in [-0.3, -0.25) is 9.59 Å². The Kier molecular flexibility index (Phi) is 4.91. The van der Waals surface area contributed by atoms with Gasteiger partial charge in [0.2, 0.25) is 0 Å². The van der Waals surface area contributed by atoms with Crippen LogP contribution in [0.2, 0.25) is 0 Å². The number of carbonyl (C=O) groups excluding carboxylic acids is 1. The Morgan fingerprint density at radius 3 is 2.30 bits per heavy atom. The fraction of sp³-hybridized carbons (Fsp3) is 0.227. The number of esters is 1. The number of aromatic nitrogens is 4. The average molecular weight is 404 g/mol. The Hall–Kier alpha value is -3.81. The molecule has 4 rings (SSSR count). The van der Waals surface area contributed by atoms with Crippen molar-refractivity contribution in [3.8, 4) is 0 Å². The van der Waals surface area contributed by atoms with Gasteiger partial charge in [-0.05, 0) is 39.0 Å². The van der Waals surface area contributed by atoms with Gasteiger partial charge in [0.15, 0.2) is 17.6 Å². The summed E-state index contributed by atoms with van der Waals surface area (Å²) >= 11 is 0. The third kappa shape index (κ3) is 3.36. The molecule has 0 spiro atoms. The molecule has 0 bridgehead atoms. The molecule has 0 saturated carbocycles. The largest absolute Gasteiger partial charge is 0.450 e. The van der Waals surface area contributed by atoms with Gasteiger partial charge in [0.1, 0.15) is 0 Å². The molecule has 0 radical (unpaired) electrons. The van der Waals surface area contributed by atoms with E-state index in [1.165, 1.54) is 4.68 Å². The predicted octanol–water partition coefficient (Wildman–Crippen LogP) is 3.13. The van der Waals surface area contributed by atoms with Gasteiger partial charge < -0.3 is 9.72 Å². The van der Waals surface area contributed by atoms with Crippen molar-refractivity contribution in [3.63, 3.8) is 0 Å². The van der Waals surface area contributed by atoms with Crippen LogP contribution < -0.4 is 11.1 Å². The van der Waals surface area contributed by atoms with E-state index in [1.807, 2.05) is 13.8 Å². The molecular formula is C22H20N4O4. The van der Waals surface area contributed by atoms with E-state index >= 15 is 0 Å². The Balaban J connectivity index is 1.74. The van der Waals surface area contributed by atoms with Crippen LogP contribution in [-0.4, -0.2) is 25.7 Å². The fourth-order valence-electron chi connectivity index (χ4n) is 3.28. The van der Waals surface area contributed by atoms with Crippen LogP contribution in [0.5, 0.6) is 0 Å². The number of H-pyrrole nitrogens is 1. The molecular weight excluding hydrogens is 384 g/mol. The molecule has 1 atom stereocenters. The average Bonchev–Trinajstić information content (AvgIpc) is 2.73. The summed E-state index contributed by atoms with van der Waals surface area (Å²) in [6.45, 7) is 5.24. The van der Waals surface area contributed by atoms with Crippen LogP contribution in [0.3, 0.4) is 0 Å². The zero-order chi connectivity index (χ0) is 21.4. The molecule has 8 nitrogen and oxygen atoms in total. The summed E-state index contributed by atoms with van der Waals surface area (Å²) < 4.78 is 6.82. The van der Waals surface area contributed by atoms with Crippen molar-refractivity contribution in [2.24, 2.45) is 0 Å². The van der Waals surface area contributed by atoms with E-state index in [1.54, 1.807) is 55.5 Å². The molecule has 2 heterocycles. The maximum atomic E-state index is 13.0. The molecule has 0 saturated heterocycles. The minimum absolute atomic E-state index is 0.0360. The standard InChI is InChI=1S/C22H20N4O4/c1-12(2)26-21(28)15-9-5-4-8-14(15)18(25-26)22(29)30-13(3)19-23-17-11-7-6-10-16(17)20(27)24-19/h4-13H,1-3H3,(H,23,24,27)/t13-/m0/s1. The Bertz CT molecular complexity index is 1390. The number of nitrogens with zero attached hydrogens (tertiary/aromatic N) is 3. The van der Waals surface area contributed by atoms with Gasteiger partial charge in [-0.25, -0.2) is 14.5 Å². The van der Waals surface area contributed by atoms with Gasteiger partial charge >= 0.3 is 5.97 Å². The zero-order valence-corrected chi connectivity index (χ0v) is 16.7. The van der Waals surface area contributed by atoms with Crippen molar-refractivity contribution in [2.45, 2.75) is 32.9 Å². The van der Waals surface area contributed by atoms with Crippen molar-refractivity contribution in [1.82, 2.24) is 19.7 Å². The number of benzene rings is 2. The summed E-state index contributed by atoms with van der Waals surface area (Å²) in [6, 6.07) is 13.5. The number of carbonyl (C=O) groups is 1. The van der Waals surface area contributed by atoms with E-state index < -0.39 is 12.1 Å². The smallest absolute Gasteiger partial charge is 0.360 e. The van der Waals surface area contributed by atoms with Gasteiger partial charge in [0, 0.05) is 5.39 Å². The Labute approximate surface area is 171 Å². The lowest BCUT2D eigenvalue weighted by Gasteiger charge is -2.16. The SMILES string of the molecule is CC(C)n1nc(C(=O)O[C@@H](C)c2nc3ccccc3c(=O)[nH]2)c2ccccc2c1=O. The van der Waals surface area contributed by atoms with Gasteiger partial charge in [-0.2, -0.15) is 5.10 Å². The van der Waals surface area contributed by atoms with Crippen LogP contribution in [-0.2, 0) is 4.74 Å². The van der Waals surface area contributed by atoms with E-state index in [0.717, 1.165) is 0 Å². The quantitative estimate of drug-likeness (QED) is 0.524. The van der Waals surface area contributed by atoms with Crippen LogP contribution in [0, 0.1) is 0 Å². The molecule has 0 fully saturated rings. The summed E-state index contributed by atoms with van der Waals surface area (Å²) in [5.41, 5.74) is -0.0360. The number of hydrogen-bond acceptors (Lipinski definition) is 6. The number of ether oxygens (including phenoxy) is 1. The molecule has 0 aliphatic carbocycles. The third-order valence-electron chi connectivity index (χ3n) is 4.81. The van der Waals surface area contributed by atoms with E-state index in [-0.39, 0.29) is 28.7 Å². The number of fused-ring (bicyclic) bond motifs is 2. The molecule has 8 heteroatoms. The second-order valence-electron chi connectivity index (χ2n) is 7.25. The first-order valence-corrected chi connectivity index (χ1v) is 9.58. The molecule has 2 aromatic heterocycles. The van der Waals surface area contributed by atoms with Crippen LogP contribution in [0.1, 0.15) is 49.2 Å². The first kappa shape index (κ1) is 19.5. The third-order valence-corrected chi connectivity index (χ3v) is 4.81. The minimum atomic E-state index is -0.824. The van der Waals surface area contributed by atoms with E-state index in [9.17, 15) is 14.4 Å². The highest BCUT2D eigenvalue weighted by molar-refractivity contribution is 6.02. The molecule has 1 N–H and O–H groups in total. The summed E-state index contributed by atoms with van der Waals surface area (Å²) in [6.07, 6.45) is -0.824. The lowest BCUT2D eigenvalue weighted by Crippen LogP contribution is -2.28. The number of para-hydroxylation sites is 1. The highest BCUT2D eigenvalue weighted by Crippen LogP contribution is 2.20. The van der Waals surface area contributed by atoms with Crippen molar-refractivity contribution < 1.29 is 9.53 Å². The second kappa shape index (κ2) is 7.55. The Morgan fingerprint density at radius 2 is 1.60 bits per heavy atom. The van der Waals surface area contributed by atoms with Crippen molar-refractivity contribution >= 4 is 27.6 Å². The van der Waals surface area contributed by atoms with Crippen molar-refractivity contribution in [2.75, 3.05) is 0 Å². The lowest BCUT2D eigenvalue weighted by molar-refractivity contribution is 0.0312. The monoisotopic (exact) mass is 404 g/mol. The van der Waals surface area contributed by atoms with E-state index in [0.29, 0.717) is 21.7 Å². The molecule has 0 amide bonds. The maximum Gasteiger partial charge on any atom is 0.360 e. The minimum Gasteiger partial charge on any atom is -0.450 e. The van der Waals surface area contributed by atoms with Crippen molar-refractivity contribution in [3.05, 3.63) is 80.8 Å². The fourth-order valence-corrected chi connectivity index (χ4v) is 3.28. The number of rotatable bonds is 4. The molecule has 2 aromatic carbocycles. The van der Waals surface area contributed by atoms with E-state index in [4.69, 9.17) is 4.74 Å². The number of aromatic amines is 1. The lowest BCUT2D eigenvalue weighted by atomic mass is 10.1. The normalized spacial score (nSPS) is 12.4. The summed E-state index contributed by atoms with van der Waals surface area (Å²) in [5, 5.41) is 5.51. The molecule has 0 aliphatic heterocycles. The zero-order valence-electron chi connectivity index (χ0n) is 16.7. The van der Waals surface area contributed by atoms with Crippen LogP contribution in [0.15, 0.2) is 58.1 Å². The first-order valence-electron chi connectivity index (χ1n) is 9.58. The molecule has 0 unspecified atom stereocenters. The molecule has 152 valence electrons. The Morgan fingerprint density at radius 1 is 0.967 bits per heavy atom. The summed E-state index contributed by atoms with van der Waals surface area (Å²) in [5.74, 6) is -0.475. The highest BCUT2D eigenvalue weighted by atomic mass is 16.5. The second-order valence-corrected chi connectivity index (χ2v) is 7.25. The van der Waals surface area contributed by atoms with Gasteiger partial charge in [0.25, 0.3) is 11.1 Å². The molecule has 30 heavy (non-hydrogen) atoms. The van der Waals surface area contributed by atoms with Crippen molar-refractivity contribution in [1.29, 1.82) is 0 Å². The molecule has 0 aliphatic rings.